The molecule has 0 fully saturated rings. The lowest BCUT2D eigenvalue weighted by atomic mass is 10.2. The maximum Gasteiger partial charge on any atom is 0.259 e. The summed E-state index contributed by atoms with van der Waals surface area (Å²) in [6.07, 6.45) is 1.69. The van der Waals surface area contributed by atoms with Crippen LogP contribution in [0.5, 0.6) is 0 Å². The zero-order chi connectivity index (χ0) is 13.1. The van der Waals surface area contributed by atoms with Crippen LogP contribution >= 0.6 is 15.9 Å². The van der Waals surface area contributed by atoms with Crippen molar-refractivity contribution in [2.45, 2.75) is 6.92 Å². The molecule has 0 spiro atoms. The second-order valence-electron chi connectivity index (χ2n) is 4.02. The molecule has 0 aliphatic rings. The van der Waals surface area contributed by atoms with Gasteiger partial charge in [-0.05, 0) is 46.6 Å². The van der Waals surface area contributed by atoms with E-state index in [1.807, 2.05) is 31.2 Å². The SMILES string of the molecule is Cc1cc(Br)cnc1N(C)C(=O)c1ccccc1. The smallest absolute Gasteiger partial charge is 0.259 e. The number of aromatic nitrogens is 1. The van der Waals surface area contributed by atoms with Gasteiger partial charge < -0.3 is 0 Å². The van der Waals surface area contributed by atoms with Gasteiger partial charge in [-0.1, -0.05) is 18.2 Å². The fourth-order valence-corrected chi connectivity index (χ4v) is 2.20. The van der Waals surface area contributed by atoms with E-state index < -0.39 is 0 Å². The first kappa shape index (κ1) is 12.8. The van der Waals surface area contributed by atoms with Crippen LogP contribution in [0.1, 0.15) is 15.9 Å². The third-order valence-electron chi connectivity index (χ3n) is 2.66. The van der Waals surface area contributed by atoms with Gasteiger partial charge in [-0.25, -0.2) is 4.98 Å². The van der Waals surface area contributed by atoms with Crippen molar-refractivity contribution in [1.29, 1.82) is 0 Å². The third kappa shape index (κ3) is 2.59. The Balaban J connectivity index is 2.31. The normalized spacial score (nSPS) is 10.2. The lowest BCUT2D eigenvalue weighted by Gasteiger charge is -2.18. The van der Waals surface area contributed by atoms with E-state index in [2.05, 4.69) is 20.9 Å². The van der Waals surface area contributed by atoms with Crippen LogP contribution in [0.15, 0.2) is 47.1 Å². The van der Waals surface area contributed by atoms with Crippen molar-refractivity contribution >= 4 is 27.7 Å². The molecule has 0 unspecified atom stereocenters. The van der Waals surface area contributed by atoms with Crippen molar-refractivity contribution < 1.29 is 4.79 Å². The minimum Gasteiger partial charge on any atom is -0.296 e. The average molecular weight is 305 g/mol. The fourth-order valence-electron chi connectivity index (χ4n) is 1.75. The summed E-state index contributed by atoms with van der Waals surface area (Å²) in [7, 11) is 1.73. The molecule has 0 atom stereocenters. The Morgan fingerprint density at radius 3 is 2.56 bits per heavy atom. The standard InChI is InChI=1S/C14H13BrN2O/c1-10-8-12(15)9-16-13(10)17(2)14(18)11-6-4-3-5-7-11/h3-9H,1-2H3. The number of amides is 1. The van der Waals surface area contributed by atoms with Crippen LogP contribution in [0.3, 0.4) is 0 Å². The number of pyridine rings is 1. The van der Waals surface area contributed by atoms with Gasteiger partial charge in [0.2, 0.25) is 0 Å². The Morgan fingerprint density at radius 1 is 1.28 bits per heavy atom. The van der Waals surface area contributed by atoms with Gasteiger partial charge in [-0.15, -0.1) is 0 Å². The topological polar surface area (TPSA) is 33.2 Å². The van der Waals surface area contributed by atoms with E-state index in [-0.39, 0.29) is 5.91 Å². The second-order valence-corrected chi connectivity index (χ2v) is 4.94. The van der Waals surface area contributed by atoms with Crippen molar-refractivity contribution in [3.63, 3.8) is 0 Å². The van der Waals surface area contributed by atoms with Gasteiger partial charge in [0.25, 0.3) is 5.91 Å². The highest BCUT2D eigenvalue weighted by Gasteiger charge is 2.15. The van der Waals surface area contributed by atoms with E-state index >= 15 is 0 Å². The van der Waals surface area contributed by atoms with Gasteiger partial charge in [0.15, 0.2) is 0 Å². The van der Waals surface area contributed by atoms with Crippen LogP contribution in [0, 0.1) is 6.92 Å². The summed E-state index contributed by atoms with van der Waals surface area (Å²) in [6, 6.07) is 11.1. The van der Waals surface area contributed by atoms with Crippen LogP contribution in [0.4, 0.5) is 5.82 Å². The summed E-state index contributed by atoms with van der Waals surface area (Å²) < 4.78 is 0.907. The van der Waals surface area contributed by atoms with E-state index in [9.17, 15) is 4.79 Å². The number of carbonyl (C=O) groups excluding carboxylic acids is 1. The number of hydrogen-bond acceptors (Lipinski definition) is 2. The Labute approximate surface area is 115 Å². The molecule has 18 heavy (non-hydrogen) atoms. The summed E-state index contributed by atoms with van der Waals surface area (Å²) >= 11 is 3.36. The minimum absolute atomic E-state index is 0.0616. The van der Waals surface area contributed by atoms with E-state index in [1.54, 1.807) is 30.3 Å². The zero-order valence-corrected chi connectivity index (χ0v) is 11.8. The molecule has 0 bridgehead atoms. The van der Waals surface area contributed by atoms with Crippen LogP contribution in [-0.4, -0.2) is 17.9 Å². The molecule has 0 radical (unpaired) electrons. The molecule has 0 aliphatic carbocycles. The molecule has 1 aromatic carbocycles. The Hall–Kier alpha value is -1.68. The molecule has 0 saturated carbocycles. The molecule has 1 amide bonds. The molecule has 2 aromatic rings. The third-order valence-corrected chi connectivity index (χ3v) is 3.09. The average Bonchev–Trinajstić information content (AvgIpc) is 2.38. The Kier molecular flexibility index (Phi) is 3.77. The van der Waals surface area contributed by atoms with Crippen molar-refractivity contribution in [3.8, 4) is 0 Å². The largest absolute Gasteiger partial charge is 0.296 e. The highest BCUT2D eigenvalue weighted by Crippen LogP contribution is 2.21. The molecule has 1 aromatic heterocycles. The number of anilines is 1. The van der Waals surface area contributed by atoms with E-state index in [4.69, 9.17) is 0 Å². The lowest BCUT2D eigenvalue weighted by molar-refractivity contribution is 0.0992. The number of halogens is 1. The first-order valence-electron chi connectivity index (χ1n) is 5.55. The molecule has 0 saturated heterocycles. The number of rotatable bonds is 2. The van der Waals surface area contributed by atoms with E-state index in [1.165, 1.54) is 0 Å². The van der Waals surface area contributed by atoms with Crippen LogP contribution in [0.2, 0.25) is 0 Å². The summed E-state index contributed by atoms with van der Waals surface area (Å²) in [4.78, 5) is 18.1. The van der Waals surface area contributed by atoms with E-state index in [0.717, 1.165) is 10.0 Å². The number of carbonyl (C=O) groups is 1. The lowest BCUT2D eigenvalue weighted by Crippen LogP contribution is -2.27. The van der Waals surface area contributed by atoms with Crippen molar-refractivity contribution in [1.82, 2.24) is 4.98 Å². The molecule has 0 N–H and O–H groups in total. The quantitative estimate of drug-likeness (QED) is 0.851. The van der Waals surface area contributed by atoms with Crippen LogP contribution in [0.25, 0.3) is 0 Å². The van der Waals surface area contributed by atoms with Crippen LogP contribution in [-0.2, 0) is 0 Å². The molecular formula is C14H13BrN2O. The van der Waals surface area contributed by atoms with Gasteiger partial charge >= 0.3 is 0 Å². The van der Waals surface area contributed by atoms with Crippen LogP contribution < -0.4 is 4.90 Å². The number of aryl methyl sites for hydroxylation is 1. The predicted octanol–water partition coefficient (Wildman–Crippen LogP) is 3.43. The first-order valence-corrected chi connectivity index (χ1v) is 6.34. The Morgan fingerprint density at radius 2 is 1.94 bits per heavy atom. The summed E-state index contributed by atoms with van der Waals surface area (Å²) in [5, 5.41) is 0. The zero-order valence-electron chi connectivity index (χ0n) is 10.2. The highest BCUT2D eigenvalue weighted by molar-refractivity contribution is 9.10. The maximum absolute atomic E-state index is 12.3. The first-order chi connectivity index (χ1) is 8.59. The van der Waals surface area contributed by atoms with Gasteiger partial charge in [-0.3, -0.25) is 9.69 Å². The second kappa shape index (κ2) is 5.31. The number of nitrogens with zero attached hydrogens (tertiary/aromatic N) is 2. The number of hydrogen-bond donors (Lipinski definition) is 0. The maximum atomic E-state index is 12.3. The number of benzene rings is 1. The van der Waals surface area contributed by atoms with Crippen molar-refractivity contribution in [2.75, 3.05) is 11.9 Å². The summed E-state index contributed by atoms with van der Waals surface area (Å²) in [5.74, 6) is 0.612. The molecule has 2 rings (SSSR count). The molecular weight excluding hydrogens is 292 g/mol. The van der Waals surface area contributed by atoms with Gasteiger partial charge in [0.05, 0.1) is 0 Å². The molecule has 3 nitrogen and oxygen atoms in total. The Bertz CT molecular complexity index is 569. The molecule has 4 heteroatoms. The van der Waals surface area contributed by atoms with E-state index in [0.29, 0.717) is 11.4 Å². The summed E-state index contributed by atoms with van der Waals surface area (Å²) in [5.41, 5.74) is 1.61. The van der Waals surface area contributed by atoms with Crippen molar-refractivity contribution in [2.24, 2.45) is 0 Å². The minimum atomic E-state index is -0.0616. The van der Waals surface area contributed by atoms with Gasteiger partial charge in [0, 0.05) is 23.3 Å². The molecule has 1 heterocycles. The summed E-state index contributed by atoms with van der Waals surface area (Å²) in [6.45, 7) is 1.93. The van der Waals surface area contributed by atoms with Crippen molar-refractivity contribution in [3.05, 3.63) is 58.2 Å². The predicted molar refractivity (Wildman–Crippen MR) is 75.8 cm³/mol. The highest BCUT2D eigenvalue weighted by atomic mass is 79.9. The molecule has 0 aliphatic heterocycles. The molecule has 92 valence electrons. The monoisotopic (exact) mass is 304 g/mol. The van der Waals surface area contributed by atoms with Gasteiger partial charge in [0.1, 0.15) is 5.82 Å². The van der Waals surface area contributed by atoms with Gasteiger partial charge in [-0.2, -0.15) is 0 Å². The fraction of sp³-hybridized carbons (Fsp3) is 0.143.